The highest BCUT2D eigenvalue weighted by atomic mass is 16.2. The van der Waals surface area contributed by atoms with Gasteiger partial charge in [0.05, 0.1) is 6.04 Å². The van der Waals surface area contributed by atoms with E-state index in [1.54, 1.807) is 0 Å². The standard InChI is InChI=1S/C22H36N2O2/c1-3-4-5-6-7-8-9-10-11-15-18-23-21(25)22(26)24-19(2)20-16-13-12-14-17-20/h12-14,16-17,19H,3-11,15,18H2,1-2H3,(H,23,25)(H,24,26)/t19-/m0/s1. The van der Waals surface area contributed by atoms with E-state index in [9.17, 15) is 9.59 Å². The van der Waals surface area contributed by atoms with E-state index in [0.29, 0.717) is 6.54 Å². The van der Waals surface area contributed by atoms with E-state index >= 15 is 0 Å². The van der Waals surface area contributed by atoms with Gasteiger partial charge in [-0.2, -0.15) is 0 Å². The minimum atomic E-state index is -0.562. The van der Waals surface area contributed by atoms with Crippen molar-refractivity contribution < 1.29 is 9.59 Å². The van der Waals surface area contributed by atoms with Crippen LogP contribution in [0, 0.1) is 0 Å². The van der Waals surface area contributed by atoms with Crippen LogP contribution in [0.25, 0.3) is 0 Å². The van der Waals surface area contributed by atoms with E-state index in [0.717, 1.165) is 18.4 Å². The van der Waals surface area contributed by atoms with Gasteiger partial charge >= 0.3 is 11.8 Å². The third-order valence-electron chi connectivity index (χ3n) is 4.67. The summed E-state index contributed by atoms with van der Waals surface area (Å²) in [5.41, 5.74) is 0.989. The second-order valence-electron chi connectivity index (χ2n) is 7.04. The Morgan fingerprint density at radius 1 is 0.808 bits per heavy atom. The molecule has 1 aromatic rings. The van der Waals surface area contributed by atoms with E-state index in [1.165, 1.54) is 51.4 Å². The van der Waals surface area contributed by atoms with Gasteiger partial charge in [-0.1, -0.05) is 95.0 Å². The van der Waals surface area contributed by atoms with Crippen LogP contribution in [0.2, 0.25) is 0 Å². The van der Waals surface area contributed by atoms with Gasteiger partial charge in [0.2, 0.25) is 0 Å². The lowest BCUT2D eigenvalue weighted by atomic mass is 10.1. The molecule has 2 amide bonds. The number of hydrogen-bond donors (Lipinski definition) is 2. The first-order valence-electron chi connectivity index (χ1n) is 10.3. The van der Waals surface area contributed by atoms with Crippen molar-refractivity contribution in [1.29, 1.82) is 0 Å². The summed E-state index contributed by atoms with van der Waals surface area (Å²) in [5.74, 6) is -1.10. The molecule has 1 aromatic carbocycles. The maximum absolute atomic E-state index is 11.9. The summed E-state index contributed by atoms with van der Waals surface area (Å²) in [5, 5.41) is 5.45. The molecule has 0 aliphatic carbocycles. The third kappa shape index (κ3) is 10.2. The number of hydrogen-bond acceptors (Lipinski definition) is 2. The highest BCUT2D eigenvalue weighted by molar-refractivity contribution is 6.35. The van der Waals surface area contributed by atoms with Crippen LogP contribution in [0.4, 0.5) is 0 Å². The first-order valence-corrected chi connectivity index (χ1v) is 10.3. The predicted molar refractivity (Wildman–Crippen MR) is 108 cm³/mol. The first kappa shape index (κ1) is 22.2. The van der Waals surface area contributed by atoms with Gasteiger partial charge in [-0.15, -0.1) is 0 Å². The van der Waals surface area contributed by atoms with Crippen molar-refractivity contribution in [2.24, 2.45) is 0 Å². The van der Waals surface area contributed by atoms with E-state index in [-0.39, 0.29) is 6.04 Å². The van der Waals surface area contributed by atoms with Gasteiger partial charge in [0.15, 0.2) is 0 Å². The van der Waals surface area contributed by atoms with Crippen LogP contribution in [0.1, 0.15) is 89.7 Å². The lowest BCUT2D eigenvalue weighted by Gasteiger charge is -2.14. The maximum atomic E-state index is 11.9. The zero-order chi connectivity index (χ0) is 19.0. The molecule has 0 aromatic heterocycles. The molecule has 0 aliphatic rings. The van der Waals surface area contributed by atoms with E-state index < -0.39 is 11.8 Å². The molecule has 26 heavy (non-hydrogen) atoms. The summed E-state index contributed by atoms with van der Waals surface area (Å²) in [6.45, 7) is 4.69. The SMILES string of the molecule is CCCCCCCCCCCCNC(=O)C(=O)N[C@@H](C)c1ccccc1. The quantitative estimate of drug-likeness (QED) is 0.388. The molecular formula is C22H36N2O2. The van der Waals surface area contributed by atoms with E-state index in [2.05, 4.69) is 17.6 Å². The normalized spacial score (nSPS) is 11.8. The fourth-order valence-electron chi connectivity index (χ4n) is 2.98. The second-order valence-corrected chi connectivity index (χ2v) is 7.04. The average molecular weight is 361 g/mol. The Kier molecular flexibility index (Phi) is 12.2. The number of carbonyl (C=O) groups excluding carboxylic acids is 2. The summed E-state index contributed by atoms with van der Waals surface area (Å²) in [6, 6.07) is 9.47. The Morgan fingerprint density at radius 3 is 1.92 bits per heavy atom. The summed E-state index contributed by atoms with van der Waals surface area (Å²) < 4.78 is 0. The van der Waals surface area contributed by atoms with Crippen molar-refractivity contribution in [2.45, 2.75) is 84.1 Å². The van der Waals surface area contributed by atoms with Crippen LogP contribution in [-0.2, 0) is 9.59 Å². The zero-order valence-corrected chi connectivity index (χ0v) is 16.6. The fraction of sp³-hybridized carbons (Fsp3) is 0.636. The van der Waals surface area contributed by atoms with Gasteiger partial charge in [-0.25, -0.2) is 0 Å². The van der Waals surface area contributed by atoms with Gasteiger partial charge in [0.1, 0.15) is 0 Å². The van der Waals surface area contributed by atoms with Crippen molar-refractivity contribution >= 4 is 11.8 Å². The molecular weight excluding hydrogens is 324 g/mol. The van der Waals surface area contributed by atoms with Gasteiger partial charge in [-0.05, 0) is 18.9 Å². The molecule has 2 N–H and O–H groups in total. The summed E-state index contributed by atoms with van der Waals surface area (Å²) in [6.07, 6.45) is 12.6. The largest absolute Gasteiger partial charge is 0.348 e. The third-order valence-corrected chi connectivity index (χ3v) is 4.67. The van der Waals surface area contributed by atoms with Crippen LogP contribution >= 0.6 is 0 Å². The monoisotopic (exact) mass is 360 g/mol. The molecule has 0 saturated carbocycles. The molecule has 0 unspecified atom stereocenters. The Morgan fingerprint density at radius 2 is 1.35 bits per heavy atom. The van der Waals surface area contributed by atoms with Crippen LogP contribution in [0.5, 0.6) is 0 Å². The second kappa shape index (κ2) is 14.3. The van der Waals surface area contributed by atoms with E-state index in [4.69, 9.17) is 0 Å². The van der Waals surface area contributed by atoms with Gasteiger partial charge in [0.25, 0.3) is 0 Å². The van der Waals surface area contributed by atoms with Gasteiger partial charge < -0.3 is 10.6 Å². The van der Waals surface area contributed by atoms with Crippen LogP contribution in [-0.4, -0.2) is 18.4 Å². The zero-order valence-electron chi connectivity index (χ0n) is 16.6. The fourth-order valence-corrected chi connectivity index (χ4v) is 2.98. The summed E-state index contributed by atoms with van der Waals surface area (Å²) in [4.78, 5) is 23.8. The molecule has 0 aliphatic heterocycles. The van der Waals surface area contributed by atoms with Crippen LogP contribution in [0.3, 0.4) is 0 Å². The lowest BCUT2D eigenvalue weighted by molar-refractivity contribution is -0.139. The molecule has 146 valence electrons. The summed E-state index contributed by atoms with van der Waals surface area (Å²) in [7, 11) is 0. The Hall–Kier alpha value is -1.84. The maximum Gasteiger partial charge on any atom is 0.309 e. The number of unbranched alkanes of at least 4 members (excludes halogenated alkanes) is 9. The molecule has 0 fully saturated rings. The number of amides is 2. The topological polar surface area (TPSA) is 58.2 Å². The summed E-state index contributed by atoms with van der Waals surface area (Å²) >= 11 is 0. The lowest BCUT2D eigenvalue weighted by Crippen LogP contribution is -2.41. The highest BCUT2D eigenvalue weighted by Gasteiger charge is 2.16. The Labute approximate surface area is 159 Å². The Balaban J connectivity index is 2.01. The molecule has 1 rings (SSSR count). The number of carbonyl (C=O) groups is 2. The average Bonchev–Trinajstić information content (AvgIpc) is 2.66. The molecule has 1 atom stereocenters. The van der Waals surface area contributed by atoms with Crippen molar-refractivity contribution in [2.75, 3.05) is 6.54 Å². The highest BCUT2D eigenvalue weighted by Crippen LogP contribution is 2.11. The number of benzene rings is 1. The number of nitrogens with one attached hydrogen (secondary N) is 2. The van der Waals surface area contributed by atoms with Gasteiger partial charge in [0, 0.05) is 6.54 Å². The predicted octanol–water partition coefficient (Wildman–Crippen LogP) is 4.90. The van der Waals surface area contributed by atoms with Crippen LogP contribution < -0.4 is 10.6 Å². The molecule has 0 saturated heterocycles. The Bertz CT molecular complexity index is 502. The minimum absolute atomic E-state index is 0.174. The molecule has 4 nitrogen and oxygen atoms in total. The van der Waals surface area contributed by atoms with Crippen molar-refractivity contribution in [3.05, 3.63) is 35.9 Å². The molecule has 0 heterocycles. The first-order chi connectivity index (χ1) is 12.6. The molecule has 0 radical (unpaired) electrons. The van der Waals surface area contributed by atoms with Crippen molar-refractivity contribution in [3.8, 4) is 0 Å². The van der Waals surface area contributed by atoms with Crippen molar-refractivity contribution in [1.82, 2.24) is 10.6 Å². The smallest absolute Gasteiger partial charge is 0.309 e. The number of rotatable bonds is 13. The van der Waals surface area contributed by atoms with Crippen molar-refractivity contribution in [3.63, 3.8) is 0 Å². The molecule has 0 bridgehead atoms. The molecule has 4 heteroatoms. The van der Waals surface area contributed by atoms with E-state index in [1.807, 2.05) is 37.3 Å². The minimum Gasteiger partial charge on any atom is -0.348 e. The van der Waals surface area contributed by atoms with Crippen LogP contribution in [0.15, 0.2) is 30.3 Å². The van der Waals surface area contributed by atoms with Gasteiger partial charge in [-0.3, -0.25) is 9.59 Å². The molecule has 0 spiro atoms.